The Balaban J connectivity index is 5.43. The van der Waals surface area contributed by atoms with Crippen molar-refractivity contribution in [2.45, 2.75) is 33.1 Å². The lowest BCUT2D eigenvalue weighted by Crippen LogP contribution is -2.36. The van der Waals surface area contributed by atoms with Gasteiger partial charge in [0.15, 0.2) is 0 Å². The second-order valence-corrected chi connectivity index (χ2v) is 3.75. The maximum atomic E-state index is 13.1. The average Bonchev–Trinajstić information content (AvgIpc) is 2.37. The van der Waals surface area contributed by atoms with E-state index in [4.69, 9.17) is 0 Å². The SMILES string of the molecule is CCOC(=O)/C(=C\N(CC)CC)C(=O)C(F)C(F)(F)F. The highest BCUT2D eigenvalue weighted by molar-refractivity contribution is 6.19. The lowest BCUT2D eigenvalue weighted by atomic mass is 10.1. The van der Waals surface area contributed by atoms with E-state index in [0.717, 1.165) is 6.20 Å². The summed E-state index contributed by atoms with van der Waals surface area (Å²) in [7, 11) is 0. The first-order chi connectivity index (χ1) is 9.18. The molecule has 0 saturated carbocycles. The smallest absolute Gasteiger partial charge is 0.427 e. The van der Waals surface area contributed by atoms with Gasteiger partial charge in [0.25, 0.3) is 6.17 Å². The Morgan fingerprint density at radius 3 is 2.05 bits per heavy atom. The first-order valence-corrected chi connectivity index (χ1v) is 6.06. The van der Waals surface area contributed by atoms with E-state index in [1.54, 1.807) is 13.8 Å². The van der Waals surface area contributed by atoms with Crippen LogP contribution in [0.4, 0.5) is 17.6 Å². The average molecular weight is 299 g/mol. The standard InChI is InChI=1S/C12H17F4NO3/c1-4-17(5-2)7-8(11(19)20-6-3)9(18)10(13)12(14,15)16/h7,10H,4-6H2,1-3H3/b8-7-. The summed E-state index contributed by atoms with van der Waals surface area (Å²) in [4.78, 5) is 24.4. The van der Waals surface area contributed by atoms with Gasteiger partial charge in [0.1, 0.15) is 5.57 Å². The van der Waals surface area contributed by atoms with Gasteiger partial charge in [-0.2, -0.15) is 13.2 Å². The van der Waals surface area contributed by atoms with Crippen molar-refractivity contribution < 1.29 is 31.9 Å². The summed E-state index contributed by atoms with van der Waals surface area (Å²) in [5.74, 6) is -3.21. The molecule has 0 rings (SSSR count). The predicted molar refractivity (Wildman–Crippen MR) is 63.6 cm³/mol. The fourth-order valence-electron chi connectivity index (χ4n) is 1.30. The van der Waals surface area contributed by atoms with Gasteiger partial charge in [-0.1, -0.05) is 0 Å². The van der Waals surface area contributed by atoms with Gasteiger partial charge < -0.3 is 9.64 Å². The number of ketones is 1. The van der Waals surface area contributed by atoms with Crippen molar-refractivity contribution in [3.05, 3.63) is 11.8 Å². The maximum absolute atomic E-state index is 13.1. The molecule has 4 nitrogen and oxygen atoms in total. The molecule has 0 N–H and O–H groups in total. The number of alkyl halides is 4. The summed E-state index contributed by atoms with van der Waals surface area (Å²) >= 11 is 0. The molecule has 0 aliphatic carbocycles. The molecule has 0 aromatic heterocycles. The van der Waals surface area contributed by atoms with Gasteiger partial charge in [-0.15, -0.1) is 0 Å². The molecule has 0 saturated heterocycles. The molecular weight excluding hydrogens is 282 g/mol. The normalized spacial score (nSPS) is 13.8. The third-order valence-electron chi connectivity index (χ3n) is 2.40. The van der Waals surface area contributed by atoms with Gasteiger partial charge in [-0.05, 0) is 20.8 Å². The number of carbonyl (C=O) groups excluding carboxylic acids is 2. The van der Waals surface area contributed by atoms with Crippen LogP contribution in [0, 0.1) is 0 Å². The van der Waals surface area contributed by atoms with Crippen molar-refractivity contribution in [2.75, 3.05) is 19.7 Å². The number of ether oxygens (including phenoxy) is 1. The third kappa shape index (κ3) is 5.18. The van der Waals surface area contributed by atoms with Gasteiger partial charge in [0.2, 0.25) is 5.78 Å². The quantitative estimate of drug-likeness (QED) is 0.238. The Labute approximate surface area is 114 Å². The molecule has 8 heteroatoms. The van der Waals surface area contributed by atoms with Gasteiger partial charge in [-0.3, -0.25) is 4.79 Å². The second kappa shape index (κ2) is 7.86. The van der Waals surface area contributed by atoms with Crippen molar-refractivity contribution in [2.24, 2.45) is 0 Å². The maximum Gasteiger partial charge on any atom is 0.427 e. The molecule has 0 aromatic rings. The fraction of sp³-hybridized carbons (Fsp3) is 0.667. The molecule has 0 spiro atoms. The minimum Gasteiger partial charge on any atom is -0.462 e. The Morgan fingerprint density at radius 2 is 1.70 bits per heavy atom. The summed E-state index contributed by atoms with van der Waals surface area (Å²) in [5.41, 5.74) is -0.944. The zero-order valence-corrected chi connectivity index (χ0v) is 11.5. The van der Waals surface area contributed by atoms with E-state index >= 15 is 0 Å². The first kappa shape index (κ1) is 18.4. The minimum absolute atomic E-state index is 0.134. The molecule has 116 valence electrons. The molecule has 0 aliphatic heterocycles. The second-order valence-electron chi connectivity index (χ2n) is 3.75. The van der Waals surface area contributed by atoms with Crippen molar-refractivity contribution >= 4 is 11.8 Å². The van der Waals surface area contributed by atoms with E-state index in [0.29, 0.717) is 13.1 Å². The topological polar surface area (TPSA) is 46.6 Å². The Morgan fingerprint density at radius 1 is 1.20 bits per heavy atom. The highest BCUT2D eigenvalue weighted by Gasteiger charge is 2.47. The van der Waals surface area contributed by atoms with E-state index < -0.39 is 29.7 Å². The molecule has 1 unspecified atom stereocenters. The largest absolute Gasteiger partial charge is 0.462 e. The van der Waals surface area contributed by atoms with E-state index in [2.05, 4.69) is 4.74 Å². The lowest BCUT2D eigenvalue weighted by molar-refractivity contribution is -0.183. The highest BCUT2D eigenvalue weighted by Crippen LogP contribution is 2.26. The molecule has 0 fully saturated rings. The van der Waals surface area contributed by atoms with Crippen LogP contribution in [0.5, 0.6) is 0 Å². The molecule has 0 amide bonds. The Kier molecular flexibility index (Phi) is 7.23. The number of esters is 1. The zero-order valence-electron chi connectivity index (χ0n) is 11.5. The van der Waals surface area contributed by atoms with Crippen molar-refractivity contribution in [3.8, 4) is 0 Å². The molecule has 0 radical (unpaired) electrons. The van der Waals surface area contributed by atoms with Crippen LogP contribution in [0.2, 0.25) is 0 Å². The summed E-state index contributed by atoms with van der Waals surface area (Å²) in [6.45, 7) is 5.32. The third-order valence-corrected chi connectivity index (χ3v) is 2.40. The monoisotopic (exact) mass is 299 g/mol. The Hall–Kier alpha value is -1.60. The van der Waals surface area contributed by atoms with Crippen LogP contribution in [-0.2, 0) is 14.3 Å². The Bertz CT molecular complexity index is 375. The van der Waals surface area contributed by atoms with Gasteiger partial charge in [0, 0.05) is 19.3 Å². The number of hydrogen-bond donors (Lipinski definition) is 0. The molecule has 20 heavy (non-hydrogen) atoms. The van der Waals surface area contributed by atoms with Crippen LogP contribution in [0.3, 0.4) is 0 Å². The molecule has 0 aromatic carbocycles. The lowest BCUT2D eigenvalue weighted by Gasteiger charge is -2.18. The minimum atomic E-state index is -5.36. The van der Waals surface area contributed by atoms with Gasteiger partial charge in [0.05, 0.1) is 6.61 Å². The van der Waals surface area contributed by atoms with Crippen molar-refractivity contribution in [1.82, 2.24) is 4.90 Å². The molecular formula is C12H17F4NO3. The summed E-state index contributed by atoms with van der Waals surface area (Å²) < 4.78 is 54.2. The van der Waals surface area contributed by atoms with Crippen molar-refractivity contribution in [3.63, 3.8) is 0 Å². The number of Topliss-reactive ketones (excluding diaryl/α,β-unsaturated/α-hetero) is 1. The van der Waals surface area contributed by atoms with Crippen molar-refractivity contribution in [1.29, 1.82) is 0 Å². The highest BCUT2D eigenvalue weighted by atomic mass is 19.4. The van der Waals surface area contributed by atoms with Crippen LogP contribution in [0.25, 0.3) is 0 Å². The molecule has 0 heterocycles. The number of halogens is 4. The van der Waals surface area contributed by atoms with Crippen LogP contribution >= 0.6 is 0 Å². The molecule has 1 atom stereocenters. The molecule has 0 bridgehead atoms. The fourth-order valence-corrected chi connectivity index (χ4v) is 1.30. The van der Waals surface area contributed by atoms with Crippen LogP contribution in [0.15, 0.2) is 11.8 Å². The summed E-state index contributed by atoms with van der Waals surface area (Å²) in [5, 5.41) is 0. The van der Waals surface area contributed by atoms with E-state index in [1.807, 2.05) is 0 Å². The van der Waals surface area contributed by atoms with Crippen LogP contribution < -0.4 is 0 Å². The number of nitrogens with zero attached hydrogens (tertiary/aromatic N) is 1. The summed E-state index contributed by atoms with van der Waals surface area (Å²) in [6, 6.07) is 0. The zero-order chi connectivity index (χ0) is 15.9. The summed E-state index contributed by atoms with van der Waals surface area (Å²) in [6.07, 6.45) is -8.20. The number of carbonyl (C=O) groups is 2. The number of hydrogen-bond acceptors (Lipinski definition) is 4. The van der Waals surface area contributed by atoms with Gasteiger partial charge >= 0.3 is 12.1 Å². The van der Waals surface area contributed by atoms with Crippen LogP contribution in [-0.4, -0.2) is 48.7 Å². The van der Waals surface area contributed by atoms with Crippen LogP contribution in [0.1, 0.15) is 20.8 Å². The first-order valence-electron chi connectivity index (χ1n) is 6.06. The van der Waals surface area contributed by atoms with E-state index in [-0.39, 0.29) is 6.61 Å². The van der Waals surface area contributed by atoms with Gasteiger partial charge in [-0.25, -0.2) is 9.18 Å². The molecule has 0 aliphatic rings. The number of rotatable bonds is 7. The predicted octanol–water partition coefficient (Wildman–Crippen LogP) is 2.24. The van der Waals surface area contributed by atoms with E-state index in [1.165, 1.54) is 11.8 Å². The van der Waals surface area contributed by atoms with E-state index in [9.17, 15) is 27.2 Å².